The summed E-state index contributed by atoms with van der Waals surface area (Å²) in [5.41, 5.74) is 1.30. The van der Waals surface area contributed by atoms with Gasteiger partial charge in [0.1, 0.15) is 11.9 Å². The Bertz CT molecular complexity index is 1110. The molecule has 0 radical (unpaired) electrons. The third-order valence-electron chi connectivity index (χ3n) is 6.78. The highest BCUT2D eigenvalue weighted by atomic mass is 19.1. The van der Waals surface area contributed by atoms with Crippen molar-refractivity contribution in [3.63, 3.8) is 0 Å². The number of benzene rings is 2. The fourth-order valence-corrected chi connectivity index (χ4v) is 4.50. The van der Waals surface area contributed by atoms with Gasteiger partial charge in [0.2, 0.25) is 0 Å². The molecule has 1 aromatic heterocycles. The molecule has 9 heteroatoms. The fourth-order valence-electron chi connectivity index (χ4n) is 4.50. The van der Waals surface area contributed by atoms with Gasteiger partial charge < -0.3 is 14.4 Å². The van der Waals surface area contributed by atoms with Crippen LogP contribution in [0.15, 0.2) is 42.5 Å². The van der Waals surface area contributed by atoms with Crippen LogP contribution in [0.5, 0.6) is 11.5 Å². The highest BCUT2D eigenvalue weighted by molar-refractivity contribution is 5.50. The van der Waals surface area contributed by atoms with Crippen molar-refractivity contribution in [3.8, 4) is 11.5 Å². The molecule has 3 aromatic rings. The van der Waals surface area contributed by atoms with E-state index in [-0.39, 0.29) is 17.4 Å². The van der Waals surface area contributed by atoms with Gasteiger partial charge in [-0.05, 0) is 48.9 Å². The zero-order valence-corrected chi connectivity index (χ0v) is 20.5. The molecule has 1 aliphatic rings. The number of aromatic nitrogens is 4. The van der Waals surface area contributed by atoms with Crippen LogP contribution in [0.1, 0.15) is 44.6 Å². The van der Waals surface area contributed by atoms with Crippen molar-refractivity contribution in [3.05, 3.63) is 59.7 Å². The highest BCUT2D eigenvalue weighted by Crippen LogP contribution is 2.41. The third kappa shape index (κ3) is 4.44. The number of anilines is 1. The van der Waals surface area contributed by atoms with Crippen molar-refractivity contribution >= 4 is 5.69 Å². The first-order valence-electron chi connectivity index (χ1n) is 11.6. The Labute approximate surface area is 200 Å². The number of nitrogens with zero attached hydrogens (tertiary/aromatic N) is 6. The first kappa shape index (κ1) is 23.9. The van der Waals surface area contributed by atoms with Crippen LogP contribution in [0.3, 0.4) is 0 Å². The molecule has 2 aromatic carbocycles. The monoisotopic (exact) mass is 468 g/mol. The van der Waals surface area contributed by atoms with Crippen LogP contribution in [-0.4, -0.2) is 65.5 Å². The molecule has 0 spiro atoms. The Morgan fingerprint density at radius 3 is 2.38 bits per heavy atom. The van der Waals surface area contributed by atoms with Crippen LogP contribution in [0.4, 0.5) is 10.1 Å². The van der Waals surface area contributed by atoms with Crippen molar-refractivity contribution in [2.24, 2.45) is 0 Å². The Hall–Kier alpha value is -3.20. The molecule has 0 bridgehead atoms. The van der Waals surface area contributed by atoms with E-state index in [1.165, 1.54) is 6.07 Å². The van der Waals surface area contributed by atoms with Gasteiger partial charge in [-0.3, -0.25) is 4.90 Å². The number of piperazine rings is 1. The molecule has 1 fully saturated rings. The van der Waals surface area contributed by atoms with Gasteiger partial charge in [-0.2, -0.15) is 0 Å². The number of methoxy groups -OCH3 is 2. The van der Waals surface area contributed by atoms with Gasteiger partial charge >= 0.3 is 0 Å². The minimum absolute atomic E-state index is 0.199. The molecule has 2 heterocycles. The Kier molecular flexibility index (Phi) is 7.02. The lowest BCUT2D eigenvalue weighted by molar-refractivity contribution is 0.183. The molecule has 1 atom stereocenters. The van der Waals surface area contributed by atoms with Crippen LogP contribution >= 0.6 is 0 Å². The van der Waals surface area contributed by atoms with Gasteiger partial charge in [0, 0.05) is 31.7 Å². The number of rotatable bonds is 8. The minimum atomic E-state index is -0.266. The second-order valence-electron chi connectivity index (χ2n) is 9.07. The molecule has 34 heavy (non-hydrogen) atoms. The SMILES string of the molecule is CCC(C)(C)n1nnnc1C(c1cccc(OC)c1OC)N1CCN(c2ccccc2F)CC1. The Morgan fingerprint density at radius 1 is 1.00 bits per heavy atom. The Morgan fingerprint density at radius 2 is 1.74 bits per heavy atom. The zero-order valence-electron chi connectivity index (χ0n) is 20.5. The van der Waals surface area contributed by atoms with E-state index in [4.69, 9.17) is 9.47 Å². The molecule has 8 nitrogen and oxygen atoms in total. The van der Waals surface area contributed by atoms with Crippen LogP contribution in [0.2, 0.25) is 0 Å². The summed E-state index contributed by atoms with van der Waals surface area (Å²) in [6.07, 6.45) is 0.869. The maximum Gasteiger partial charge on any atom is 0.173 e. The topological polar surface area (TPSA) is 68.5 Å². The predicted molar refractivity (Wildman–Crippen MR) is 129 cm³/mol. The summed E-state index contributed by atoms with van der Waals surface area (Å²) in [4.78, 5) is 4.42. The predicted octanol–water partition coefficient (Wildman–Crippen LogP) is 3.89. The van der Waals surface area contributed by atoms with E-state index in [9.17, 15) is 4.39 Å². The van der Waals surface area contributed by atoms with E-state index in [2.05, 4.69) is 46.1 Å². The van der Waals surface area contributed by atoms with Gasteiger partial charge in [0.25, 0.3) is 0 Å². The van der Waals surface area contributed by atoms with Crippen molar-refractivity contribution in [1.29, 1.82) is 0 Å². The molecule has 4 rings (SSSR count). The minimum Gasteiger partial charge on any atom is -0.493 e. The van der Waals surface area contributed by atoms with Gasteiger partial charge in [0.05, 0.1) is 25.4 Å². The Balaban J connectivity index is 1.74. The number of ether oxygens (including phenoxy) is 2. The molecule has 0 amide bonds. The second-order valence-corrected chi connectivity index (χ2v) is 9.07. The number of hydrogen-bond acceptors (Lipinski definition) is 7. The van der Waals surface area contributed by atoms with E-state index in [0.717, 1.165) is 17.8 Å². The van der Waals surface area contributed by atoms with Gasteiger partial charge in [-0.25, -0.2) is 9.07 Å². The molecule has 1 aliphatic heterocycles. The lowest BCUT2D eigenvalue weighted by Crippen LogP contribution is -2.49. The van der Waals surface area contributed by atoms with E-state index in [1.54, 1.807) is 20.3 Å². The maximum atomic E-state index is 14.4. The zero-order chi connectivity index (χ0) is 24.3. The summed E-state index contributed by atoms with van der Waals surface area (Å²) in [7, 11) is 3.28. The largest absolute Gasteiger partial charge is 0.493 e. The lowest BCUT2D eigenvalue weighted by atomic mass is 9.98. The standard InChI is InChI=1S/C25H33FN6O2/c1-6-25(2,3)32-24(27-28-29-32)22(18-10-9-13-21(33-4)23(18)34-5)31-16-14-30(15-17-31)20-12-8-7-11-19(20)26/h7-13,22H,6,14-17H2,1-5H3. The van der Waals surface area contributed by atoms with E-state index in [0.29, 0.717) is 43.4 Å². The smallest absolute Gasteiger partial charge is 0.173 e. The summed E-state index contributed by atoms with van der Waals surface area (Å²) < 4.78 is 27.7. The maximum absolute atomic E-state index is 14.4. The average molecular weight is 469 g/mol. The summed E-state index contributed by atoms with van der Waals surface area (Å²) in [6, 6.07) is 12.5. The summed E-state index contributed by atoms with van der Waals surface area (Å²) in [5.74, 6) is 1.87. The van der Waals surface area contributed by atoms with Gasteiger partial charge in [-0.15, -0.1) is 5.10 Å². The average Bonchev–Trinajstić information content (AvgIpc) is 3.35. The van der Waals surface area contributed by atoms with E-state index >= 15 is 0 Å². The van der Waals surface area contributed by atoms with Crippen molar-refractivity contribution < 1.29 is 13.9 Å². The lowest BCUT2D eigenvalue weighted by Gasteiger charge is -2.41. The van der Waals surface area contributed by atoms with Crippen LogP contribution in [0.25, 0.3) is 0 Å². The van der Waals surface area contributed by atoms with E-state index < -0.39 is 0 Å². The number of halogens is 1. The van der Waals surface area contributed by atoms with Gasteiger partial charge in [-0.1, -0.05) is 31.2 Å². The number of tetrazole rings is 1. The van der Waals surface area contributed by atoms with E-state index in [1.807, 2.05) is 35.0 Å². The van der Waals surface area contributed by atoms with Crippen molar-refractivity contribution in [2.75, 3.05) is 45.3 Å². The summed E-state index contributed by atoms with van der Waals surface area (Å²) in [5, 5.41) is 12.9. The third-order valence-corrected chi connectivity index (χ3v) is 6.78. The van der Waals surface area contributed by atoms with Crippen LogP contribution < -0.4 is 14.4 Å². The number of hydrogen-bond donors (Lipinski definition) is 0. The highest BCUT2D eigenvalue weighted by Gasteiger charge is 2.36. The molecular formula is C25H33FN6O2. The molecule has 0 N–H and O–H groups in total. The first-order valence-corrected chi connectivity index (χ1v) is 11.6. The molecular weight excluding hydrogens is 435 g/mol. The molecule has 1 unspecified atom stereocenters. The number of para-hydroxylation sites is 2. The van der Waals surface area contributed by atoms with Gasteiger partial charge in [0.15, 0.2) is 17.3 Å². The van der Waals surface area contributed by atoms with Crippen LogP contribution in [0, 0.1) is 5.82 Å². The second kappa shape index (κ2) is 9.97. The first-order chi connectivity index (χ1) is 16.4. The van der Waals surface area contributed by atoms with Crippen molar-refractivity contribution in [2.45, 2.75) is 38.8 Å². The normalized spacial score (nSPS) is 15.9. The quantitative estimate of drug-likeness (QED) is 0.497. The van der Waals surface area contributed by atoms with Crippen LogP contribution in [-0.2, 0) is 5.54 Å². The summed E-state index contributed by atoms with van der Waals surface area (Å²) in [6.45, 7) is 9.16. The molecule has 182 valence electrons. The molecule has 0 saturated carbocycles. The molecule has 1 saturated heterocycles. The van der Waals surface area contributed by atoms with Crippen molar-refractivity contribution in [1.82, 2.24) is 25.1 Å². The fraction of sp³-hybridized carbons (Fsp3) is 0.480. The summed E-state index contributed by atoms with van der Waals surface area (Å²) >= 11 is 0. The molecule has 0 aliphatic carbocycles.